The van der Waals surface area contributed by atoms with E-state index in [1.807, 2.05) is 24.3 Å². The van der Waals surface area contributed by atoms with Crippen LogP contribution in [0.15, 0.2) is 48.7 Å². The van der Waals surface area contributed by atoms with E-state index in [2.05, 4.69) is 15.2 Å². The number of hydrogen-bond acceptors (Lipinski definition) is 6. The van der Waals surface area contributed by atoms with Crippen molar-refractivity contribution in [1.29, 1.82) is 0 Å². The number of carbonyl (C=O) groups is 2. The lowest BCUT2D eigenvalue weighted by molar-refractivity contribution is -0.146. The number of rotatable bonds is 11. The van der Waals surface area contributed by atoms with Crippen LogP contribution < -0.4 is 10.1 Å². The minimum atomic E-state index is -1.20. The van der Waals surface area contributed by atoms with Crippen LogP contribution in [-0.4, -0.2) is 71.9 Å². The molecular formula is C34H42Cl2FN3O5. The molecule has 0 saturated carbocycles. The summed E-state index contributed by atoms with van der Waals surface area (Å²) in [6.07, 6.45) is 5.36. The molecule has 2 aliphatic rings. The van der Waals surface area contributed by atoms with Crippen molar-refractivity contribution >= 4 is 46.0 Å². The maximum absolute atomic E-state index is 15.4. The Morgan fingerprint density at radius 1 is 1.13 bits per heavy atom. The zero-order valence-corrected chi connectivity index (χ0v) is 27.1. The van der Waals surface area contributed by atoms with E-state index in [0.717, 1.165) is 62.7 Å². The quantitative estimate of drug-likeness (QED) is 0.200. The maximum atomic E-state index is 15.4. The Bertz CT molecular complexity index is 1420. The first-order valence-electron chi connectivity index (χ1n) is 15.6. The zero-order chi connectivity index (χ0) is 32.3. The second kappa shape index (κ2) is 17.1. The number of fused-ring (bicyclic) bond motifs is 1. The van der Waals surface area contributed by atoms with Gasteiger partial charge in [-0.15, -0.1) is 0 Å². The Morgan fingerprint density at radius 2 is 1.91 bits per heavy atom. The van der Waals surface area contributed by atoms with Gasteiger partial charge in [-0.05, 0) is 118 Å². The number of halogens is 3. The number of aliphatic carboxylic acids is 2. The number of nitrogens with zero attached hydrogens (tertiary/aromatic N) is 2. The third kappa shape index (κ3) is 9.75. The lowest BCUT2D eigenvalue weighted by Crippen LogP contribution is -2.44. The van der Waals surface area contributed by atoms with Gasteiger partial charge in [-0.3, -0.25) is 14.6 Å². The lowest BCUT2D eigenvalue weighted by Gasteiger charge is -2.37. The van der Waals surface area contributed by atoms with Gasteiger partial charge in [0.2, 0.25) is 0 Å². The van der Waals surface area contributed by atoms with Crippen LogP contribution in [0.5, 0.6) is 5.75 Å². The van der Waals surface area contributed by atoms with E-state index < -0.39 is 24.0 Å². The number of aromatic nitrogens is 1. The fourth-order valence-corrected chi connectivity index (χ4v) is 6.86. The third-order valence-electron chi connectivity index (χ3n) is 8.88. The molecule has 3 N–H and O–H groups in total. The SMILES string of the molecule is COc1ccc2nccc(C(F)CC[C@@H]3CCN(CCCc4c(Cl)cccc4Cl)C[C@@H]3C(=O)O)c2c1.O=C(O)C1CCCNC1. The molecule has 0 radical (unpaired) electrons. The number of hydrogen-bond donors (Lipinski definition) is 3. The molecule has 244 valence electrons. The largest absolute Gasteiger partial charge is 0.497 e. The van der Waals surface area contributed by atoms with Crippen molar-refractivity contribution in [2.75, 3.05) is 39.8 Å². The maximum Gasteiger partial charge on any atom is 0.308 e. The minimum Gasteiger partial charge on any atom is -0.497 e. The summed E-state index contributed by atoms with van der Waals surface area (Å²) in [5, 5.41) is 23.5. The number of methoxy groups -OCH3 is 1. The van der Waals surface area contributed by atoms with Crippen LogP contribution in [0.25, 0.3) is 10.9 Å². The van der Waals surface area contributed by atoms with Crippen LogP contribution >= 0.6 is 23.2 Å². The van der Waals surface area contributed by atoms with Gasteiger partial charge in [-0.1, -0.05) is 29.3 Å². The number of alkyl halides is 1. The molecule has 8 nitrogen and oxygen atoms in total. The minimum absolute atomic E-state index is 0.0577. The fourth-order valence-electron chi connectivity index (χ4n) is 6.27. The number of ether oxygens (including phenoxy) is 1. The van der Waals surface area contributed by atoms with E-state index in [4.69, 9.17) is 33.0 Å². The molecule has 3 heterocycles. The predicted octanol–water partition coefficient (Wildman–Crippen LogP) is 7.07. The van der Waals surface area contributed by atoms with Gasteiger partial charge in [0, 0.05) is 34.7 Å². The molecule has 2 saturated heterocycles. The van der Waals surface area contributed by atoms with E-state index >= 15 is 4.39 Å². The highest BCUT2D eigenvalue weighted by molar-refractivity contribution is 6.36. The topological polar surface area (TPSA) is 112 Å². The molecule has 0 bridgehead atoms. The monoisotopic (exact) mass is 661 g/mol. The van der Waals surface area contributed by atoms with E-state index in [-0.39, 0.29) is 18.3 Å². The van der Waals surface area contributed by atoms with Crippen LogP contribution in [0, 0.1) is 17.8 Å². The van der Waals surface area contributed by atoms with Crippen molar-refractivity contribution < 1.29 is 28.9 Å². The van der Waals surface area contributed by atoms with Gasteiger partial charge in [0.15, 0.2) is 0 Å². The average molecular weight is 663 g/mol. The molecule has 5 rings (SSSR count). The van der Waals surface area contributed by atoms with Crippen molar-refractivity contribution in [2.45, 2.75) is 51.1 Å². The normalized spacial score (nSPS) is 21.0. The second-order valence-electron chi connectivity index (χ2n) is 11.8. The second-order valence-corrected chi connectivity index (χ2v) is 12.6. The van der Waals surface area contributed by atoms with E-state index in [9.17, 15) is 14.7 Å². The molecule has 0 spiro atoms. The summed E-state index contributed by atoms with van der Waals surface area (Å²) in [6.45, 7) is 3.67. The molecule has 3 aromatic rings. The molecular weight excluding hydrogens is 620 g/mol. The van der Waals surface area contributed by atoms with E-state index in [0.29, 0.717) is 46.4 Å². The molecule has 0 amide bonds. The van der Waals surface area contributed by atoms with Gasteiger partial charge in [-0.2, -0.15) is 0 Å². The third-order valence-corrected chi connectivity index (χ3v) is 9.59. The molecule has 45 heavy (non-hydrogen) atoms. The highest BCUT2D eigenvalue weighted by atomic mass is 35.5. The Kier molecular flexibility index (Phi) is 13.2. The number of benzene rings is 2. The first kappa shape index (κ1) is 34.9. The smallest absolute Gasteiger partial charge is 0.308 e. The zero-order valence-electron chi connectivity index (χ0n) is 25.6. The first-order chi connectivity index (χ1) is 21.7. The number of carboxylic acids is 2. The van der Waals surface area contributed by atoms with Gasteiger partial charge >= 0.3 is 11.9 Å². The van der Waals surface area contributed by atoms with Crippen LogP contribution in [0.4, 0.5) is 4.39 Å². The lowest BCUT2D eigenvalue weighted by atomic mass is 9.81. The van der Waals surface area contributed by atoms with Gasteiger partial charge in [0.05, 0.1) is 24.5 Å². The molecule has 11 heteroatoms. The Hall–Kier alpha value is -2.98. The fraction of sp³-hybridized carbons (Fsp3) is 0.500. The summed E-state index contributed by atoms with van der Waals surface area (Å²) >= 11 is 12.5. The highest BCUT2D eigenvalue weighted by Crippen LogP contribution is 2.35. The summed E-state index contributed by atoms with van der Waals surface area (Å²) in [7, 11) is 1.58. The highest BCUT2D eigenvalue weighted by Gasteiger charge is 2.34. The number of carboxylic acid groups (broad SMARTS) is 2. The molecule has 2 aliphatic heterocycles. The Labute approximate surface area is 273 Å². The Balaban J connectivity index is 0.000000440. The van der Waals surface area contributed by atoms with Gasteiger partial charge in [0.25, 0.3) is 0 Å². The van der Waals surface area contributed by atoms with E-state index in [1.165, 1.54) is 0 Å². The van der Waals surface area contributed by atoms with Crippen molar-refractivity contribution in [3.63, 3.8) is 0 Å². The van der Waals surface area contributed by atoms with Gasteiger partial charge in [0.1, 0.15) is 11.9 Å². The van der Waals surface area contributed by atoms with Crippen LogP contribution in [0.2, 0.25) is 10.0 Å². The predicted molar refractivity (Wildman–Crippen MR) is 175 cm³/mol. The average Bonchev–Trinajstić information content (AvgIpc) is 3.05. The van der Waals surface area contributed by atoms with Crippen LogP contribution in [-0.2, 0) is 16.0 Å². The Morgan fingerprint density at radius 3 is 2.56 bits per heavy atom. The van der Waals surface area contributed by atoms with Gasteiger partial charge in [-0.25, -0.2) is 4.39 Å². The van der Waals surface area contributed by atoms with Crippen molar-refractivity contribution in [1.82, 2.24) is 15.2 Å². The number of nitrogens with one attached hydrogen (secondary N) is 1. The summed E-state index contributed by atoms with van der Waals surface area (Å²) in [5.74, 6) is -1.53. The van der Waals surface area contributed by atoms with E-state index in [1.54, 1.807) is 31.5 Å². The van der Waals surface area contributed by atoms with Crippen molar-refractivity contribution in [2.24, 2.45) is 17.8 Å². The summed E-state index contributed by atoms with van der Waals surface area (Å²) in [5.41, 5.74) is 2.22. The molecule has 0 aliphatic carbocycles. The molecule has 1 aromatic heterocycles. The van der Waals surface area contributed by atoms with Crippen molar-refractivity contribution in [3.05, 3.63) is 69.8 Å². The first-order valence-corrected chi connectivity index (χ1v) is 16.3. The number of likely N-dealkylation sites (tertiary alicyclic amines) is 1. The molecule has 2 fully saturated rings. The molecule has 4 atom stereocenters. The summed E-state index contributed by atoms with van der Waals surface area (Å²) in [6, 6.07) is 12.6. The number of pyridine rings is 1. The number of piperidine rings is 2. The standard InChI is InChI=1S/C28H31Cl2FN2O3.C6H11NO2/c1-36-19-8-10-27-22(16-19)20(11-13-32-27)26(31)9-7-18-12-15-33(17-23(18)28(34)35)14-3-4-21-24(29)5-2-6-25(21)30;8-6(9)5-2-1-3-7-4-5/h2,5-6,8,10-11,13,16,18,23,26H,3-4,7,9,12,14-15,17H2,1H3,(H,34,35);5,7H,1-4H2,(H,8,9)/t18-,23+,26?;/m1./s1. The van der Waals surface area contributed by atoms with Crippen LogP contribution in [0.3, 0.4) is 0 Å². The summed E-state index contributed by atoms with van der Waals surface area (Å²) in [4.78, 5) is 28.9. The van der Waals surface area contributed by atoms with Gasteiger partial charge < -0.3 is 25.2 Å². The molecule has 2 unspecified atom stereocenters. The molecule has 2 aromatic carbocycles. The summed E-state index contributed by atoms with van der Waals surface area (Å²) < 4.78 is 20.7. The van der Waals surface area contributed by atoms with Crippen LogP contribution in [0.1, 0.15) is 55.8 Å². The van der Waals surface area contributed by atoms with Crippen molar-refractivity contribution in [3.8, 4) is 5.75 Å².